The van der Waals surface area contributed by atoms with Gasteiger partial charge in [0.2, 0.25) is 0 Å². The average Bonchev–Trinajstić information content (AvgIpc) is 3.09. The van der Waals surface area contributed by atoms with Crippen LogP contribution in [0.25, 0.3) is 0 Å². The Morgan fingerprint density at radius 1 is 1.27 bits per heavy atom. The van der Waals surface area contributed by atoms with Crippen LogP contribution in [0.4, 0.5) is 0 Å². The fourth-order valence-electron chi connectivity index (χ4n) is 1.79. The van der Waals surface area contributed by atoms with Gasteiger partial charge in [-0.05, 0) is 37.3 Å². The van der Waals surface area contributed by atoms with Crippen LogP contribution in [-0.4, -0.2) is 19.1 Å². The second-order valence-corrected chi connectivity index (χ2v) is 4.47. The van der Waals surface area contributed by atoms with Gasteiger partial charge in [-0.25, -0.2) is 0 Å². The number of rotatable bonds is 6. The van der Waals surface area contributed by atoms with E-state index in [1.165, 1.54) is 18.4 Å². The van der Waals surface area contributed by atoms with Gasteiger partial charge in [0.25, 0.3) is 0 Å². The summed E-state index contributed by atoms with van der Waals surface area (Å²) >= 11 is 0. The predicted octanol–water partition coefficient (Wildman–Crippen LogP) is 1.56. The lowest BCUT2D eigenvalue weighted by molar-refractivity contribution is 0.500. The van der Waals surface area contributed by atoms with E-state index in [0.29, 0.717) is 6.04 Å². The monoisotopic (exact) mass is 204 g/mol. The summed E-state index contributed by atoms with van der Waals surface area (Å²) in [4.78, 5) is 0. The Hall–Kier alpha value is -0.860. The summed E-state index contributed by atoms with van der Waals surface area (Å²) in [5.41, 5.74) is 7.14. The first kappa shape index (κ1) is 10.7. The highest BCUT2D eigenvalue weighted by molar-refractivity contribution is 5.16. The lowest BCUT2D eigenvalue weighted by Gasteiger charge is -2.16. The minimum Gasteiger partial charge on any atom is -0.329 e. The molecular formula is C13H20N2. The molecule has 0 heterocycles. The van der Waals surface area contributed by atoms with Crippen molar-refractivity contribution in [3.05, 3.63) is 35.9 Å². The molecule has 15 heavy (non-hydrogen) atoms. The molecule has 82 valence electrons. The molecule has 1 aliphatic carbocycles. The van der Waals surface area contributed by atoms with Gasteiger partial charge >= 0.3 is 0 Å². The number of hydrogen-bond donors (Lipinski definition) is 2. The summed E-state index contributed by atoms with van der Waals surface area (Å²) in [5, 5.41) is 3.55. The fraction of sp³-hybridized carbons (Fsp3) is 0.538. The first-order chi connectivity index (χ1) is 7.38. The van der Waals surface area contributed by atoms with E-state index in [1.54, 1.807) is 0 Å². The van der Waals surface area contributed by atoms with Gasteiger partial charge in [-0.1, -0.05) is 30.3 Å². The van der Waals surface area contributed by atoms with E-state index in [2.05, 4.69) is 35.6 Å². The summed E-state index contributed by atoms with van der Waals surface area (Å²) in [6.45, 7) is 1.87. The van der Waals surface area contributed by atoms with Crippen molar-refractivity contribution >= 4 is 0 Å². The first-order valence-electron chi connectivity index (χ1n) is 5.86. The van der Waals surface area contributed by atoms with Gasteiger partial charge in [0.1, 0.15) is 0 Å². The maximum Gasteiger partial charge on any atom is 0.0230 e. The number of nitrogens with one attached hydrogen (secondary N) is 1. The molecule has 2 heteroatoms. The van der Waals surface area contributed by atoms with Crippen molar-refractivity contribution in [1.29, 1.82) is 0 Å². The molecule has 0 spiro atoms. The quantitative estimate of drug-likeness (QED) is 0.738. The Bertz CT molecular complexity index is 280. The lowest BCUT2D eigenvalue weighted by atomic mass is 10.1. The summed E-state index contributed by atoms with van der Waals surface area (Å²) in [6, 6.07) is 11.0. The van der Waals surface area contributed by atoms with Crippen LogP contribution in [0.2, 0.25) is 0 Å². The topological polar surface area (TPSA) is 38.0 Å². The SMILES string of the molecule is NCC(Cc1ccccc1)NCC1CC1. The number of benzene rings is 1. The Morgan fingerprint density at radius 3 is 2.60 bits per heavy atom. The summed E-state index contributed by atoms with van der Waals surface area (Å²) in [7, 11) is 0. The molecule has 0 saturated heterocycles. The van der Waals surface area contributed by atoms with Gasteiger partial charge in [0, 0.05) is 12.6 Å². The highest BCUT2D eigenvalue weighted by atomic mass is 14.9. The molecule has 1 saturated carbocycles. The molecule has 0 aromatic heterocycles. The molecule has 3 N–H and O–H groups in total. The zero-order valence-corrected chi connectivity index (χ0v) is 9.15. The van der Waals surface area contributed by atoms with Gasteiger partial charge in [-0.3, -0.25) is 0 Å². The van der Waals surface area contributed by atoms with Crippen LogP contribution in [-0.2, 0) is 6.42 Å². The Morgan fingerprint density at radius 2 is 2.00 bits per heavy atom. The lowest BCUT2D eigenvalue weighted by Crippen LogP contribution is -2.38. The van der Waals surface area contributed by atoms with E-state index in [0.717, 1.165) is 25.4 Å². The Balaban J connectivity index is 1.78. The third-order valence-electron chi connectivity index (χ3n) is 3.00. The van der Waals surface area contributed by atoms with E-state index >= 15 is 0 Å². The minimum absolute atomic E-state index is 0.438. The summed E-state index contributed by atoms with van der Waals surface area (Å²) in [6.07, 6.45) is 3.84. The molecule has 1 aromatic carbocycles. The zero-order valence-electron chi connectivity index (χ0n) is 9.15. The zero-order chi connectivity index (χ0) is 10.5. The van der Waals surface area contributed by atoms with Crippen LogP contribution in [0.15, 0.2) is 30.3 Å². The molecule has 2 rings (SSSR count). The van der Waals surface area contributed by atoms with Crippen molar-refractivity contribution in [2.24, 2.45) is 11.7 Å². The molecule has 0 radical (unpaired) electrons. The van der Waals surface area contributed by atoms with Crippen molar-refractivity contribution in [1.82, 2.24) is 5.32 Å². The molecule has 1 fully saturated rings. The predicted molar refractivity (Wildman–Crippen MR) is 63.7 cm³/mol. The molecule has 2 nitrogen and oxygen atoms in total. The third-order valence-corrected chi connectivity index (χ3v) is 3.00. The number of nitrogens with two attached hydrogens (primary N) is 1. The van der Waals surface area contributed by atoms with Crippen LogP contribution in [0.3, 0.4) is 0 Å². The van der Waals surface area contributed by atoms with Gasteiger partial charge in [-0.2, -0.15) is 0 Å². The second-order valence-electron chi connectivity index (χ2n) is 4.47. The van der Waals surface area contributed by atoms with E-state index in [4.69, 9.17) is 5.73 Å². The molecular weight excluding hydrogens is 184 g/mol. The standard InChI is InChI=1S/C13H20N2/c14-9-13(15-10-12-6-7-12)8-11-4-2-1-3-5-11/h1-5,12-13,15H,6-10,14H2. The first-order valence-corrected chi connectivity index (χ1v) is 5.86. The molecule has 1 unspecified atom stereocenters. The molecule has 1 aliphatic rings. The van der Waals surface area contributed by atoms with E-state index in [-0.39, 0.29) is 0 Å². The second kappa shape index (κ2) is 5.29. The normalized spacial score (nSPS) is 17.7. The smallest absolute Gasteiger partial charge is 0.0230 e. The largest absolute Gasteiger partial charge is 0.329 e. The van der Waals surface area contributed by atoms with E-state index < -0.39 is 0 Å². The van der Waals surface area contributed by atoms with Crippen LogP contribution < -0.4 is 11.1 Å². The van der Waals surface area contributed by atoms with Gasteiger partial charge < -0.3 is 11.1 Å². The fourth-order valence-corrected chi connectivity index (χ4v) is 1.79. The van der Waals surface area contributed by atoms with Crippen molar-refractivity contribution in [2.75, 3.05) is 13.1 Å². The van der Waals surface area contributed by atoms with Gasteiger partial charge in [0.15, 0.2) is 0 Å². The van der Waals surface area contributed by atoms with Gasteiger partial charge in [-0.15, -0.1) is 0 Å². The van der Waals surface area contributed by atoms with Crippen LogP contribution in [0.5, 0.6) is 0 Å². The highest BCUT2D eigenvalue weighted by Gasteiger charge is 2.21. The minimum atomic E-state index is 0.438. The van der Waals surface area contributed by atoms with Gasteiger partial charge in [0.05, 0.1) is 0 Å². The van der Waals surface area contributed by atoms with E-state index in [9.17, 15) is 0 Å². The van der Waals surface area contributed by atoms with Crippen molar-refractivity contribution in [3.63, 3.8) is 0 Å². The van der Waals surface area contributed by atoms with Crippen molar-refractivity contribution in [2.45, 2.75) is 25.3 Å². The highest BCUT2D eigenvalue weighted by Crippen LogP contribution is 2.27. The van der Waals surface area contributed by atoms with Crippen LogP contribution in [0.1, 0.15) is 18.4 Å². The molecule has 0 aliphatic heterocycles. The maximum atomic E-state index is 5.76. The average molecular weight is 204 g/mol. The third kappa shape index (κ3) is 3.65. The molecule has 1 aromatic rings. The van der Waals surface area contributed by atoms with E-state index in [1.807, 2.05) is 0 Å². The molecule has 0 amide bonds. The Kier molecular flexibility index (Phi) is 3.75. The maximum absolute atomic E-state index is 5.76. The molecule has 0 bridgehead atoms. The van der Waals surface area contributed by atoms with Crippen molar-refractivity contribution in [3.8, 4) is 0 Å². The summed E-state index contributed by atoms with van der Waals surface area (Å²) in [5.74, 6) is 0.926. The Labute approximate surface area is 91.9 Å². The molecule has 1 atom stereocenters. The summed E-state index contributed by atoms with van der Waals surface area (Å²) < 4.78 is 0. The van der Waals surface area contributed by atoms with Crippen molar-refractivity contribution < 1.29 is 0 Å². The van der Waals surface area contributed by atoms with Crippen LogP contribution >= 0.6 is 0 Å². The number of hydrogen-bond acceptors (Lipinski definition) is 2. The van der Waals surface area contributed by atoms with Crippen LogP contribution in [0, 0.1) is 5.92 Å².